The highest BCUT2D eigenvalue weighted by Gasteiger charge is 2.29. The van der Waals surface area contributed by atoms with Crippen LogP contribution in [-0.2, 0) is 0 Å². The Balaban J connectivity index is 2.12. The van der Waals surface area contributed by atoms with Gasteiger partial charge in [-0.15, -0.1) is 0 Å². The molecule has 1 aromatic rings. The second kappa shape index (κ2) is 5.84. The Morgan fingerprint density at radius 1 is 1.32 bits per heavy atom. The summed E-state index contributed by atoms with van der Waals surface area (Å²) >= 11 is 3.62. The van der Waals surface area contributed by atoms with Crippen LogP contribution in [0.1, 0.15) is 43.7 Å². The summed E-state index contributed by atoms with van der Waals surface area (Å²) in [4.78, 5) is 0. The van der Waals surface area contributed by atoms with Crippen LogP contribution in [-0.4, -0.2) is 12.1 Å². The van der Waals surface area contributed by atoms with Crippen molar-refractivity contribution in [2.45, 2.75) is 52.0 Å². The molecule has 3 N–H and O–H groups in total. The van der Waals surface area contributed by atoms with Crippen molar-refractivity contribution in [1.29, 1.82) is 0 Å². The summed E-state index contributed by atoms with van der Waals surface area (Å²) in [5.41, 5.74) is 9.75. The van der Waals surface area contributed by atoms with E-state index in [0.29, 0.717) is 6.54 Å². The summed E-state index contributed by atoms with van der Waals surface area (Å²) in [6.07, 6.45) is 5.31. The SMILES string of the molecule is Cc1cc(NC(C)(CN)CC2CCC2)cc(C)c1Br. The van der Waals surface area contributed by atoms with Crippen LogP contribution in [0.4, 0.5) is 5.69 Å². The first-order valence-corrected chi connectivity index (χ1v) is 7.98. The van der Waals surface area contributed by atoms with Crippen LogP contribution in [0.5, 0.6) is 0 Å². The Hall–Kier alpha value is -0.540. The van der Waals surface area contributed by atoms with Gasteiger partial charge in [0.25, 0.3) is 0 Å². The lowest BCUT2D eigenvalue weighted by Gasteiger charge is -2.38. The summed E-state index contributed by atoms with van der Waals surface area (Å²) in [5.74, 6) is 0.860. The van der Waals surface area contributed by atoms with Crippen molar-refractivity contribution in [1.82, 2.24) is 0 Å². The topological polar surface area (TPSA) is 38.0 Å². The van der Waals surface area contributed by atoms with Gasteiger partial charge in [0.15, 0.2) is 0 Å². The maximum atomic E-state index is 6.02. The van der Waals surface area contributed by atoms with Crippen LogP contribution in [0.3, 0.4) is 0 Å². The second-order valence-corrected chi connectivity index (χ2v) is 7.11. The molecule has 1 saturated carbocycles. The van der Waals surface area contributed by atoms with Crippen molar-refractivity contribution >= 4 is 21.6 Å². The maximum absolute atomic E-state index is 6.02. The summed E-state index contributed by atoms with van der Waals surface area (Å²) in [5, 5.41) is 3.67. The van der Waals surface area contributed by atoms with Crippen LogP contribution in [0, 0.1) is 19.8 Å². The first-order valence-electron chi connectivity index (χ1n) is 7.18. The molecule has 0 saturated heterocycles. The molecular weight excluding hydrogens is 300 g/mol. The minimum absolute atomic E-state index is 0.0117. The lowest BCUT2D eigenvalue weighted by molar-refractivity contribution is 0.248. The minimum atomic E-state index is 0.0117. The molecule has 3 heteroatoms. The Morgan fingerprint density at radius 2 is 1.89 bits per heavy atom. The predicted molar refractivity (Wildman–Crippen MR) is 86.7 cm³/mol. The molecule has 0 radical (unpaired) electrons. The highest BCUT2D eigenvalue weighted by molar-refractivity contribution is 9.10. The molecular formula is C16H25BrN2. The molecule has 0 bridgehead atoms. The van der Waals surface area contributed by atoms with E-state index in [2.05, 4.69) is 54.2 Å². The fourth-order valence-corrected chi connectivity index (χ4v) is 3.11. The molecule has 0 aliphatic heterocycles. The number of nitrogens with one attached hydrogen (secondary N) is 1. The monoisotopic (exact) mass is 324 g/mol. The molecule has 0 aromatic heterocycles. The molecule has 19 heavy (non-hydrogen) atoms. The highest BCUT2D eigenvalue weighted by Crippen LogP contribution is 2.35. The van der Waals surface area contributed by atoms with E-state index in [1.165, 1.54) is 47.0 Å². The fourth-order valence-electron chi connectivity index (χ4n) is 2.89. The third-order valence-electron chi connectivity index (χ3n) is 4.30. The van der Waals surface area contributed by atoms with Crippen LogP contribution >= 0.6 is 15.9 Å². The van der Waals surface area contributed by atoms with Crippen molar-refractivity contribution in [3.05, 3.63) is 27.7 Å². The van der Waals surface area contributed by atoms with E-state index in [9.17, 15) is 0 Å². The Labute approximate surface area is 125 Å². The lowest BCUT2D eigenvalue weighted by atomic mass is 9.76. The quantitative estimate of drug-likeness (QED) is 0.843. The standard InChI is InChI=1S/C16H25BrN2/c1-11-7-14(8-12(2)15(11)17)19-16(3,10-18)9-13-5-4-6-13/h7-8,13,19H,4-6,9-10,18H2,1-3H3. The summed E-state index contributed by atoms with van der Waals surface area (Å²) in [6, 6.07) is 4.40. The van der Waals surface area contributed by atoms with Gasteiger partial charge >= 0.3 is 0 Å². The van der Waals surface area contributed by atoms with Gasteiger partial charge in [-0.25, -0.2) is 0 Å². The van der Waals surface area contributed by atoms with Gasteiger partial charge in [-0.3, -0.25) is 0 Å². The van der Waals surface area contributed by atoms with E-state index < -0.39 is 0 Å². The molecule has 0 amide bonds. The number of hydrogen-bond acceptors (Lipinski definition) is 2. The highest BCUT2D eigenvalue weighted by atomic mass is 79.9. The van der Waals surface area contributed by atoms with Gasteiger partial charge in [0.05, 0.1) is 0 Å². The summed E-state index contributed by atoms with van der Waals surface area (Å²) in [7, 11) is 0. The molecule has 1 aliphatic rings. The van der Waals surface area contributed by atoms with Gasteiger partial charge in [0, 0.05) is 22.2 Å². The number of nitrogens with two attached hydrogens (primary N) is 1. The molecule has 1 aromatic carbocycles. The minimum Gasteiger partial charge on any atom is -0.379 e. The van der Waals surface area contributed by atoms with Crippen molar-refractivity contribution in [3.63, 3.8) is 0 Å². The van der Waals surface area contributed by atoms with Gasteiger partial charge in [0.1, 0.15) is 0 Å². The van der Waals surface area contributed by atoms with Crippen molar-refractivity contribution in [3.8, 4) is 0 Å². The van der Waals surface area contributed by atoms with E-state index in [1.54, 1.807) is 0 Å². The van der Waals surface area contributed by atoms with Gasteiger partial charge in [-0.2, -0.15) is 0 Å². The number of halogens is 1. The van der Waals surface area contributed by atoms with E-state index in [1.807, 2.05) is 0 Å². The molecule has 106 valence electrons. The molecule has 1 fully saturated rings. The van der Waals surface area contributed by atoms with Crippen LogP contribution < -0.4 is 11.1 Å². The zero-order valence-corrected chi connectivity index (χ0v) is 13.8. The van der Waals surface area contributed by atoms with Crippen molar-refractivity contribution < 1.29 is 0 Å². The third-order valence-corrected chi connectivity index (χ3v) is 5.55. The molecule has 0 spiro atoms. The van der Waals surface area contributed by atoms with Crippen LogP contribution in [0.25, 0.3) is 0 Å². The third kappa shape index (κ3) is 3.51. The number of benzene rings is 1. The number of rotatable bonds is 5. The zero-order chi connectivity index (χ0) is 14.0. The maximum Gasteiger partial charge on any atom is 0.0470 e. The fraction of sp³-hybridized carbons (Fsp3) is 0.625. The Kier molecular flexibility index (Phi) is 4.57. The largest absolute Gasteiger partial charge is 0.379 e. The first-order chi connectivity index (χ1) is 8.93. The van der Waals surface area contributed by atoms with Crippen molar-refractivity contribution in [2.75, 3.05) is 11.9 Å². The Morgan fingerprint density at radius 3 is 2.32 bits per heavy atom. The van der Waals surface area contributed by atoms with E-state index >= 15 is 0 Å². The molecule has 2 rings (SSSR count). The van der Waals surface area contributed by atoms with Crippen molar-refractivity contribution in [2.24, 2.45) is 11.7 Å². The first kappa shape index (κ1) is 14.9. The zero-order valence-electron chi connectivity index (χ0n) is 12.2. The predicted octanol–water partition coefficient (Wildman–Crippen LogP) is 4.39. The van der Waals surface area contributed by atoms with Crippen LogP contribution in [0.2, 0.25) is 0 Å². The number of anilines is 1. The lowest BCUT2D eigenvalue weighted by Crippen LogP contribution is -2.45. The molecule has 2 nitrogen and oxygen atoms in total. The Bertz CT molecular complexity index is 431. The molecule has 1 atom stereocenters. The smallest absolute Gasteiger partial charge is 0.0470 e. The summed E-state index contributed by atoms with van der Waals surface area (Å²) in [6.45, 7) is 7.19. The average Bonchev–Trinajstić information content (AvgIpc) is 2.31. The van der Waals surface area contributed by atoms with Gasteiger partial charge in [-0.05, 0) is 56.4 Å². The molecule has 1 aliphatic carbocycles. The van der Waals surface area contributed by atoms with Gasteiger partial charge in [0.2, 0.25) is 0 Å². The normalized spacial score (nSPS) is 18.8. The van der Waals surface area contributed by atoms with E-state index in [4.69, 9.17) is 5.73 Å². The van der Waals surface area contributed by atoms with Crippen LogP contribution in [0.15, 0.2) is 16.6 Å². The number of hydrogen-bond donors (Lipinski definition) is 2. The molecule has 1 unspecified atom stereocenters. The second-order valence-electron chi connectivity index (χ2n) is 6.31. The van der Waals surface area contributed by atoms with Gasteiger partial charge in [-0.1, -0.05) is 35.2 Å². The van der Waals surface area contributed by atoms with E-state index in [0.717, 1.165) is 5.92 Å². The average molecular weight is 325 g/mol. The van der Waals surface area contributed by atoms with E-state index in [-0.39, 0.29) is 5.54 Å². The number of aryl methyl sites for hydroxylation is 2. The molecule has 0 heterocycles. The van der Waals surface area contributed by atoms with Gasteiger partial charge < -0.3 is 11.1 Å². The summed E-state index contributed by atoms with van der Waals surface area (Å²) < 4.78 is 1.20.